The van der Waals surface area contributed by atoms with Crippen molar-refractivity contribution in [2.24, 2.45) is 0 Å². The SMILES string of the molecule is Cc1c(OCc2nc(-c3ccco3)no2)cccc1[N+](=O)[O-]. The fourth-order valence-electron chi connectivity index (χ4n) is 1.92. The lowest BCUT2D eigenvalue weighted by Gasteiger charge is -2.06. The molecule has 1 aromatic carbocycles. The first-order valence-electron chi connectivity index (χ1n) is 6.38. The normalized spacial score (nSPS) is 10.6. The van der Waals surface area contributed by atoms with E-state index in [1.54, 1.807) is 31.2 Å². The van der Waals surface area contributed by atoms with E-state index in [2.05, 4.69) is 10.1 Å². The van der Waals surface area contributed by atoms with Gasteiger partial charge in [0.25, 0.3) is 11.6 Å². The predicted octanol–water partition coefficient (Wildman–Crippen LogP) is 3.13. The van der Waals surface area contributed by atoms with Gasteiger partial charge in [0.1, 0.15) is 5.75 Å². The van der Waals surface area contributed by atoms with E-state index in [0.29, 0.717) is 22.9 Å². The Morgan fingerprint density at radius 1 is 1.32 bits per heavy atom. The zero-order valence-electron chi connectivity index (χ0n) is 11.6. The molecule has 0 unspecified atom stereocenters. The van der Waals surface area contributed by atoms with Crippen LogP contribution in [0.25, 0.3) is 11.6 Å². The van der Waals surface area contributed by atoms with E-state index in [1.807, 2.05) is 0 Å². The summed E-state index contributed by atoms with van der Waals surface area (Å²) in [7, 11) is 0. The Hall–Kier alpha value is -3.16. The fourth-order valence-corrected chi connectivity index (χ4v) is 1.92. The van der Waals surface area contributed by atoms with Gasteiger partial charge in [-0.3, -0.25) is 10.1 Å². The van der Waals surface area contributed by atoms with Crippen LogP contribution in [0.15, 0.2) is 45.5 Å². The number of rotatable bonds is 5. The summed E-state index contributed by atoms with van der Waals surface area (Å²) < 4.78 is 15.7. The number of ether oxygens (including phenoxy) is 1. The second-order valence-electron chi connectivity index (χ2n) is 4.44. The Labute approximate surface area is 124 Å². The molecule has 0 atom stereocenters. The summed E-state index contributed by atoms with van der Waals surface area (Å²) >= 11 is 0. The van der Waals surface area contributed by atoms with Crippen molar-refractivity contribution in [3.63, 3.8) is 0 Å². The van der Waals surface area contributed by atoms with Gasteiger partial charge in [-0.15, -0.1) is 0 Å². The minimum absolute atomic E-state index is 0.000645. The average molecular weight is 301 g/mol. The number of nitro benzene ring substituents is 1. The molecule has 2 aromatic heterocycles. The molecule has 0 aliphatic carbocycles. The van der Waals surface area contributed by atoms with E-state index in [9.17, 15) is 10.1 Å². The van der Waals surface area contributed by atoms with Crippen molar-refractivity contribution in [3.05, 3.63) is 58.2 Å². The number of nitro groups is 1. The molecule has 112 valence electrons. The smallest absolute Gasteiger partial charge is 0.276 e. The van der Waals surface area contributed by atoms with Gasteiger partial charge in [-0.05, 0) is 25.1 Å². The third kappa shape index (κ3) is 2.66. The highest BCUT2D eigenvalue weighted by Gasteiger charge is 2.16. The van der Waals surface area contributed by atoms with Crippen molar-refractivity contribution in [1.82, 2.24) is 10.1 Å². The van der Waals surface area contributed by atoms with Gasteiger partial charge in [0.2, 0.25) is 5.82 Å². The molecule has 0 bridgehead atoms. The summed E-state index contributed by atoms with van der Waals surface area (Å²) in [5, 5.41) is 14.7. The standard InChI is InChI=1S/C14H11N3O5/c1-9-10(17(18)19)4-2-5-11(9)21-8-13-15-14(16-22-13)12-6-3-7-20-12/h2-7H,8H2,1H3. The topological polar surface area (TPSA) is 104 Å². The molecule has 0 aliphatic heterocycles. The molecule has 0 spiro atoms. The molecule has 0 saturated carbocycles. The summed E-state index contributed by atoms with van der Waals surface area (Å²) in [5.41, 5.74) is 0.442. The van der Waals surface area contributed by atoms with Gasteiger partial charge in [-0.2, -0.15) is 4.98 Å². The second kappa shape index (κ2) is 5.68. The predicted molar refractivity (Wildman–Crippen MR) is 74.2 cm³/mol. The van der Waals surface area contributed by atoms with Crippen molar-refractivity contribution in [2.75, 3.05) is 0 Å². The summed E-state index contributed by atoms with van der Waals surface area (Å²) in [6.07, 6.45) is 1.51. The summed E-state index contributed by atoms with van der Waals surface area (Å²) in [4.78, 5) is 14.6. The fraction of sp³-hybridized carbons (Fsp3) is 0.143. The highest BCUT2D eigenvalue weighted by atomic mass is 16.6. The highest BCUT2D eigenvalue weighted by molar-refractivity contribution is 5.48. The van der Waals surface area contributed by atoms with Crippen LogP contribution < -0.4 is 4.74 Å². The lowest BCUT2D eigenvalue weighted by Crippen LogP contribution is -1.99. The van der Waals surface area contributed by atoms with Crippen LogP contribution in [-0.4, -0.2) is 15.1 Å². The van der Waals surface area contributed by atoms with Gasteiger partial charge in [0, 0.05) is 6.07 Å². The van der Waals surface area contributed by atoms with Crippen LogP contribution in [0.3, 0.4) is 0 Å². The van der Waals surface area contributed by atoms with Gasteiger partial charge in [-0.25, -0.2) is 0 Å². The van der Waals surface area contributed by atoms with E-state index in [1.165, 1.54) is 12.3 Å². The number of hydrogen-bond donors (Lipinski definition) is 0. The molecule has 3 rings (SSSR count). The first-order chi connectivity index (χ1) is 10.6. The minimum Gasteiger partial charge on any atom is -0.483 e. The van der Waals surface area contributed by atoms with Gasteiger partial charge < -0.3 is 13.7 Å². The van der Waals surface area contributed by atoms with E-state index in [-0.39, 0.29) is 18.2 Å². The molecular formula is C14H11N3O5. The third-order valence-corrected chi connectivity index (χ3v) is 3.01. The second-order valence-corrected chi connectivity index (χ2v) is 4.44. The lowest BCUT2D eigenvalue weighted by molar-refractivity contribution is -0.385. The zero-order chi connectivity index (χ0) is 15.5. The summed E-state index contributed by atoms with van der Waals surface area (Å²) in [6, 6.07) is 8.05. The van der Waals surface area contributed by atoms with Crippen LogP contribution in [0, 0.1) is 17.0 Å². The third-order valence-electron chi connectivity index (χ3n) is 3.01. The number of nitrogens with zero attached hydrogens (tertiary/aromatic N) is 3. The molecule has 0 aliphatic rings. The monoisotopic (exact) mass is 301 g/mol. The van der Waals surface area contributed by atoms with Crippen LogP contribution in [0.5, 0.6) is 5.75 Å². The maximum Gasteiger partial charge on any atom is 0.276 e. The molecule has 0 amide bonds. The van der Waals surface area contributed by atoms with Crippen molar-refractivity contribution in [3.8, 4) is 17.3 Å². The Balaban J connectivity index is 1.73. The van der Waals surface area contributed by atoms with Crippen molar-refractivity contribution < 1.29 is 18.6 Å². The largest absolute Gasteiger partial charge is 0.483 e. The molecular weight excluding hydrogens is 290 g/mol. The zero-order valence-corrected chi connectivity index (χ0v) is 11.6. The van der Waals surface area contributed by atoms with E-state index in [0.717, 1.165) is 0 Å². The van der Waals surface area contributed by atoms with E-state index < -0.39 is 4.92 Å². The molecule has 2 heterocycles. The minimum atomic E-state index is -0.454. The Morgan fingerprint density at radius 3 is 2.91 bits per heavy atom. The molecule has 22 heavy (non-hydrogen) atoms. The van der Waals surface area contributed by atoms with E-state index >= 15 is 0 Å². The quantitative estimate of drug-likeness (QED) is 0.526. The summed E-state index contributed by atoms with van der Waals surface area (Å²) in [5.74, 6) is 1.45. The lowest BCUT2D eigenvalue weighted by atomic mass is 10.2. The molecule has 3 aromatic rings. The molecule has 0 N–H and O–H groups in total. The first-order valence-corrected chi connectivity index (χ1v) is 6.38. The van der Waals surface area contributed by atoms with Crippen LogP contribution in [0.2, 0.25) is 0 Å². The highest BCUT2D eigenvalue weighted by Crippen LogP contribution is 2.27. The van der Waals surface area contributed by atoms with Crippen LogP contribution in [-0.2, 0) is 6.61 Å². The Morgan fingerprint density at radius 2 is 2.18 bits per heavy atom. The number of aromatic nitrogens is 2. The molecule has 0 fully saturated rings. The Bertz CT molecular complexity index is 795. The number of benzene rings is 1. The molecule has 0 radical (unpaired) electrons. The molecule has 8 heteroatoms. The molecule has 0 saturated heterocycles. The van der Waals surface area contributed by atoms with Crippen LogP contribution >= 0.6 is 0 Å². The van der Waals surface area contributed by atoms with Crippen molar-refractivity contribution in [2.45, 2.75) is 13.5 Å². The maximum absolute atomic E-state index is 10.9. The van der Waals surface area contributed by atoms with E-state index in [4.69, 9.17) is 13.7 Å². The average Bonchev–Trinajstić information content (AvgIpc) is 3.17. The Kier molecular flexibility index (Phi) is 3.57. The van der Waals surface area contributed by atoms with Gasteiger partial charge in [0.05, 0.1) is 16.7 Å². The number of furan rings is 1. The van der Waals surface area contributed by atoms with Crippen LogP contribution in [0.1, 0.15) is 11.5 Å². The van der Waals surface area contributed by atoms with Gasteiger partial charge in [0.15, 0.2) is 12.4 Å². The summed E-state index contributed by atoms with van der Waals surface area (Å²) in [6.45, 7) is 1.63. The van der Waals surface area contributed by atoms with Crippen molar-refractivity contribution in [1.29, 1.82) is 0 Å². The van der Waals surface area contributed by atoms with Crippen LogP contribution in [0.4, 0.5) is 5.69 Å². The molecule has 8 nitrogen and oxygen atoms in total. The maximum atomic E-state index is 10.9. The number of hydrogen-bond acceptors (Lipinski definition) is 7. The van der Waals surface area contributed by atoms with Gasteiger partial charge in [-0.1, -0.05) is 11.2 Å². The van der Waals surface area contributed by atoms with Crippen molar-refractivity contribution >= 4 is 5.69 Å². The first kappa shape index (κ1) is 13.8. The van der Waals surface area contributed by atoms with Gasteiger partial charge >= 0.3 is 0 Å².